The topological polar surface area (TPSA) is 124 Å². The van der Waals surface area contributed by atoms with Crippen molar-refractivity contribution in [2.45, 2.75) is 19.4 Å². The zero-order valence-electron chi connectivity index (χ0n) is 13.7. The number of aryl methyl sites for hydroxylation is 1. The van der Waals surface area contributed by atoms with Crippen molar-refractivity contribution in [2.75, 3.05) is 12.4 Å². The predicted octanol–water partition coefficient (Wildman–Crippen LogP) is 1.61. The van der Waals surface area contributed by atoms with Crippen molar-refractivity contribution >= 4 is 39.8 Å². The summed E-state index contributed by atoms with van der Waals surface area (Å²) in [6, 6.07) is 1.42. The number of urea groups is 1. The molecule has 0 saturated heterocycles. The molecule has 0 atom stereocenters. The smallest absolute Gasteiger partial charge is 0.321 e. The number of thiazole rings is 1. The summed E-state index contributed by atoms with van der Waals surface area (Å²) in [7, 11) is 1.33. The van der Waals surface area contributed by atoms with E-state index in [1.807, 2.05) is 6.07 Å². The van der Waals surface area contributed by atoms with Gasteiger partial charge in [-0.2, -0.15) is 5.10 Å². The Morgan fingerprint density at radius 3 is 2.96 bits per heavy atom. The number of rotatable bonds is 7. The van der Waals surface area contributed by atoms with Gasteiger partial charge < -0.3 is 10.1 Å². The highest BCUT2D eigenvalue weighted by molar-refractivity contribution is 7.15. The minimum atomic E-state index is -0.394. The van der Waals surface area contributed by atoms with Gasteiger partial charge in [0.05, 0.1) is 20.1 Å². The van der Waals surface area contributed by atoms with Crippen molar-refractivity contribution in [3.8, 4) is 5.13 Å². The number of carbonyl (C=O) groups is 2. The monoisotopic (exact) mass is 393 g/mol. The highest BCUT2D eigenvalue weighted by Crippen LogP contribution is 2.18. The molecule has 0 unspecified atom stereocenters. The summed E-state index contributed by atoms with van der Waals surface area (Å²) in [5.74, 6) is -0.313. The standard InChI is InChI=1S/C14H15N7O3S2/c1-24-11(22)4-3-10-19-20-13(26-10)18-12(23)15-7-9-8-16-14(25-9)21-6-2-5-17-21/h2,5-6,8H,3-4,7H2,1H3,(H2,15,18,20,23). The average Bonchev–Trinajstić information content (AvgIpc) is 3.38. The Morgan fingerprint density at radius 2 is 2.19 bits per heavy atom. The summed E-state index contributed by atoms with van der Waals surface area (Å²) >= 11 is 2.65. The van der Waals surface area contributed by atoms with Crippen molar-refractivity contribution in [3.63, 3.8) is 0 Å². The molecule has 0 radical (unpaired) electrons. The molecule has 3 heterocycles. The number of ether oxygens (including phenoxy) is 1. The molecule has 0 fully saturated rings. The van der Waals surface area contributed by atoms with Crippen LogP contribution in [0.15, 0.2) is 24.7 Å². The van der Waals surface area contributed by atoms with E-state index in [0.717, 1.165) is 10.0 Å². The first-order valence-electron chi connectivity index (χ1n) is 7.53. The summed E-state index contributed by atoms with van der Waals surface area (Å²) in [5.41, 5.74) is 0. The van der Waals surface area contributed by atoms with E-state index in [1.165, 1.54) is 29.8 Å². The van der Waals surface area contributed by atoms with Crippen LogP contribution >= 0.6 is 22.7 Å². The molecule has 12 heteroatoms. The van der Waals surface area contributed by atoms with Gasteiger partial charge in [0.1, 0.15) is 5.01 Å². The number of hydrogen-bond acceptors (Lipinski definition) is 9. The molecule has 3 rings (SSSR count). The van der Waals surface area contributed by atoms with Crippen LogP contribution in [0.4, 0.5) is 9.93 Å². The van der Waals surface area contributed by atoms with E-state index in [1.54, 1.807) is 23.3 Å². The summed E-state index contributed by atoms with van der Waals surface area (Å²) in [5, 5.41) is 19.0. The van der Waals surface area contributed by atoms with Crippen LogP contribution in [0.1, 0.15) is 16.3 Å². The summed E-state index contributed by atoms with van der Waals surface area (Å²) in [6.07, 6.45) is 5.81. The van der Waals surface area contributed by atoms with E-state index in [0.29, 0.717) is 23.1 Å². The van der Waals surface area contributed by atoms with Gasteiger partial charge in [-0.05, 0) is 6.07 Å². The SMILES string of the molecule is COC(=O)CCc1nnc(NC(=O)NCc2cnc(-n3cccn3)s2)s1. The lowest BCUT2D eigenvalue weighted by Crippen LogP contribution is -2.27. The fourth-order valence-electron chi connectivity index (χ4n) is 1.89. The number of nitrogens with one attached hydrogen (secondary N) is 2. The first-order chi connectivity index (χ1) is 12.6. The Labute approximate surface area is 156 Å². The fraction of sp³-hybridized carbons (Fsp3) is 0.286. The van der Waals surface area contributed by atoms with Crippen LogP contribution in [0.3, 0.4) is 0 Å². The molecule has 0 aliphatic rings. The number of aromatic nitrogens is 5. The van der Waals surface area contributed by atoms with Gasteiger partial charge >= 0.3 is 12.0 Å². The van der Waals surface area contributed by atoms with Gasteiger partial charge in [0.25, 0.3) is 0 Å². The Hall–Kier alpha value is -2.86. The fourth-order valence-corrected chi connectivity index (χ4v) is 3.42. The van der Waals surface area contributed by atoms with Crippen molar-refractivity contribution in [3.05, 3.63) is 34.5 Å². The van der Waals surface area contributed by atoms with Crippen LogP contribution < -0.4 is 10.6 Å². The Morgan fingerprint density at radius 1 is 1.31 bits per heavy atom. The molecule has 0 spiro atoms. The summed E-state index contributed by atoms with van der Waals surface area (Å²) in [4.78, 5) is 28.2. The van der Waals surface area contributed by atoms with Crippen LogP contribution in [0, 0.1) is 0 Å². The molecule has 0 aromatic carbocycles. The molecule has 2 amide bonds. The minimum absolute atomic E-state index is 0.224. The van der Waals surface area contributed by atoms with Crippen molar-refractivity contribution < 1.29 is 14.3 Å². The first-order valence-corrected chi connectivity index (χ1v) is 9.16. The molecule has 2 N–H and O–H groups in total. The molecule has 0 bridgehead atoms. The summed E-state index contributed by atoms with van der Waals surface area (Å²) < 4.78 is 6.23. The van der Waals surface area contributed by atoms with E-state index in [9.17, 15) is 9.59 Å². The van der Waals surface area contributed by atoms with Gasteiger partial charge in [-0.25, -0.2) is 14.5 Å². The molecule has 0 aliphatic carbocycles. The minimum Gasteiger partial charge on any atom is -0.469 e. The number of anilines is 1. The van der Waals surface area contributed by atoms with Crippen molar-refractivity contribution in [1.29, 1.82) is 0 Å². The largest absolute Gasteiger partial charge is 0.469 e. The van der Waals surface area contributed by atoms with Crippen LogP contribution in [-0.4, -0.2) is 44.1 Å². The van der Waals surface area contributed by atoms with E-state index < -0.39 is 6.03 Å². The van der Waals surface area contributed by atoms with Crippen molar-refractivity contribution in [2.24, 2.45) is 0 Å². The van der Waals surface area contributed by atoms with Gasteiger partial charge in [-0.1, -0.05) is 22.7 Å². The zero-order valence-corrected chi connectivity index (χ0v) is 15.3. The molecule has 3 aromatic heterocycles. The van der Waals surface area contributed by atoms with Crippen LogP contribution in [0.2, 0.25) is 0 Å². The first kappa shape index (κ1) is 17.9. The highest BCUT2D eigenvalue weighted by atomic mass is 32.1. The molecule has 26 heavy (non-hydrogen) atoms. The quantitative estimate of drug-likeness (QED) is 0.584. The van der Waals surface area contributed by atoms with Crippen LogP contribution in [-0.2, 0) is 22.5 Å². The lowest BCUT2D eigenvalue weighted by Gasteiger charge is -2.02. The van der Waals surface area contributed by atoms with Crippen LogP contribution in [0.5, 0.6) is 0 Å². The third-order valence-electron chi connectivity index (χ3n) is 3.12. The van der Waals surface area contributed by atoms with Crippen molar-refractivity contribution in [1.82, 2.24) is 30.3 Å². The van der Waals surface area contributed by atoms with Gasteiger partial charge in [-0.3, -0.25) is 10.1 Å². The second kappa shape index (κ2) is 8.49. The molecule has 0 aliphatic heterocycles. The number of methoxy groups -OCH3 is 1. The predicted molar refractivity (Wildman–Crippen MR) is 95.3 cm³/mol. The van der Waals surface area contributed by atoms with Gasteiger partial charge in [0, 0.05) is 29.9 Å². The third kappa shape index (κ3) is 4.83. The highest BCUT2D eigenvalue weighted by Gasteiger charge is 2.11. The number of amides is 2. The second-order valence-corrected chi connectivity index (χ2v) is 7.10. The third-order valence-corrected chi connectivity index (χ3v) is 5.01. The Bertz CT molecular complexity index is 875. The van der Waals surface area contributed by atoms with Gasteiger partial charge in [-0.15, -0.1) is 10.2 Å². The normalized spacial score (nSPS) is 10.5. The number of hydrogen-bond donors (Lipinski definition) is 2. The maximum atomic E-state index is 12.0. The number of nitrogens with zero attached hydrogens (tertiary/aromatic N) is 5. The van der Waals surface area contributed by atoms with E-state index >= 15 is 0 Å². The van der Waals surface area contributed by atoms with Gasteiger partial charge in [0.2, 0.25) is 10.3 Å². The zero-order chi connectivity index (χ0) is 18.4. The number of esters is 1. The molecular formula is C14H15N7O3S2. The molecule has 10 nitrogen and oxygen atoms in total. The Kier molecular flexibility index (Phi) is 5.86. The second-order valence-electron chi connectivity index (χ2n) is 4.94. The maximum absolute atomic E-state index is 12.0. The molecule has 136 valence electrons. The maximum Gasteiger partial charge on any atom is 0.321 e. The lowest BCUT2D eigenvalue weighted by molar-refractivity contribution is -0.140. The van der Waals surface area contributed by atoms with E-state index in [2.05, 4.69) is 35.7 Å². The van der Waals surface area contributed by atoms with Crippen LogP contribution in [0.25, 0.3) is 5.13 Å². The Balaban J connectivity index is 1.46. The van der Waals surface area contributed by atoms with Gasteiger partial charge in [0.15, 0.2) is 0 Å². The molecule has 3 aromatic rings. The average molecular weight is 393 g/mol. The molecule has 0 saturated carbocycles. The van der Waals surface area contributed by atoms with E-state index in [-0.39, 0.29) is 12.4 Å². The molecular weight excluding hydrogens is 378 g/mol. The lowest BCUT2D eigenvalue weighted by atomic mass is 10.3. The number of carbonyl (C=O) groups excluding carboxylic acids is 2. The summed E-state index contributed by atoms with van der Waals surface area (Å²) in [6.45, 7) is 0.332. The van der Waals surface area contributed by atoms with E-state index in [4.69, 9.17) is 0 Å².